The first kappa shape index (κ1) is 11.7. The summed E-state index contributed by atoms with van der Waals surface area (Å²) >= 11 is 0. The normalized spacial score (nSPS) is 20.9. The molecule has 0 aromatic heterocycles. The summed E-state index contributed by atoms with van der Waals surface area (Å²) in [5.74, 6) is 0. The molecule has 1 aromatic carbocycles. The molecule has 2 N–H and O–H groups in total. The Morgan fingerprint density at radius 2 is 2.00 bits per heavy atom. The average molecular weight is 217 g/mol. The summed E-state index contributed by atoms with van der Waals surface area (Å²) in [5.41, 5.74) is 9.50. The lowest BCUT2D eigenvalue weighted by Crippen LogP contribution is -2.29. The third kappa shape index (κ3) is 2.15. The molecular formula is C15H23N. The minimum Gasteiger partial charge on any atom is -0.323 e. The van der Waals surface area contributed by atoms with Gasteiger partial charge in [0.25, 0.3) is 0 Å². The molecule has 1 nitrogen and oxygen atoms in total. The molecule has 1 heteroatoms. The van der Waals surface area contributed by atoms with E-state index in [-0.39, 0.29) is 6.04 Å². The molecule has 88 valence electrons. The molecule has 16 heavy (non-hydrogen) atoms. The average Bonchev–Trinajstić information content (AvgIpc) is 2.76. The Hall–Kier alpha value is -0.820. The molecule has 2 rings (SSSR count). The quantitative estimate of drug-likeness (QED) is 0.818. The molecule has 1 aromatic rings. The van der Waals surface area contributed by atoms with Crippen molar-refractivity contribution in [1.29, 1.82) is 0 Å². The van der Waals surface area contributed by atoms with E-state index in [9.17, 15) is 0 Å². The van der Waals surface area contributed by atoms with E-state index < -0.39 is 0 Å². The second kappa shape index (κ2) is 4.58. The van der Waals surface area contributed by atoms with Crippen LogP contribution >= 0.6 is 0 Å². The minimum atomic E-state index is 0.210. The lowest BCUT2D eigenvalue weighted by Gasteiger charge is -2.31. The van der Waals surface area contributed by atoms with E-state index in [2.05, 4.69) is 38.1 Å². The van der Waals surface area contributed by atoms with Crippen LogP contribution < -0.4 is 5.73 Å². The van der Waals surface area contributed by atoms with Gasteiger partial charge in [0.2, 0.25) is 0 Å². The first-order valence-corrected chi connectivity index (χ1v) is 6.50. The summed E-state index contributed by atoms with van der Waals surface area (Å²) in [7, 11) is 0. The maximum absolute atomic E-state index is 6.46. The molecule has 1 unspecified atom stereocenters. The van der Waals surface area contributed by atoms with Crippen LogP contribution in [0.3, 0.4) is 0 Å². The van der Waals surface area contributed by atoms with Crippen molar-refractivity contribution in [1.82, 2.24) is 0 Å². The summed E-state index contributed by atoms with van der Waals surface area (Å²) in [5, 5.41) is 0. The van der Waals surface area contributed by atoms with Gasteiger partial charge in [0.1, 0.15) is 0 Å². The smallest absolute Gasteiger partial charge is 0.0349 e. The van der Waals surface area contributed by atoms with Crippen LogP contribution in [0.25, 0.3) is 0 Å². The molecule has 1 atom stereocenters. The Balaban J connectivity index is 2.22. The van der Waals surface area contributed by atoms with Gasteiger partial charge in [0, 0.05) is 6.04 Å². The Morgan fingerprint density at radius 3 is 2.62 bits per heavy atom. The first-order valence-electron chi connectivity index (χ1n) is 6.50. The van der Waals surface area contributed by atoms with Crippen molar-refractivity contribution in [3.8, 4) is 0 Å². The predicted molar refractivity (Wildman–Crippen MR) is 69.3 cm³/mol. The fourth-order valence-corrected chi connectivity index (χ4v) is 2.90. The molecule has 1 aliphatic carbocycles. The predicted octanol–water partition coefficient (Wildman–Crippen LogP) is 3.83. The minimum absolute atomic E-state index is 0.210. The Morgan fingerprint density at radius 1 is 1.31 bits per heavy atom. The van der Waals surface area contributed by atoms with Gasteiger partial charge in [-0.05, 0) is 35.8 Å². The lowest BCUT2D eigenvalue weighted by molar-refractivity contribution is 0.265. The highest BCUT2D eigenvalue weighted by Gasteiger charge is 2.35. The third-order valence-corrected chi connectivity index (χ3v) is 4.22. The van der Waals surface area contributed by atoms with Crippen LogP contribution in [-0.2, 0) is 6.42 Å². The molecular weight excluding hydrogens is 194 g/mol. The van der Waals surface area contributed by atoms with Gasteiger partial charge in [-0.15, -0.1) is 0 Å². The van der Waals surface area contributed by atoms with Gasteiger partial charge < -0.3 is 5.73 Å². The van der Waals surface area contributed by atoms with Crippen molar-refractivity contribution in [2.75, 3.05) is 0 Å². The van der Waals surface area contributed by atoms with Gasteiger partial charge in [0.15, 0.2) is 0 Å². The fraction of sp³-hybridized carbons (Fsp3) is 0.600. The molecule has 0 saturated heterocycles. The van der Waals surface area contributed by atoms with Gasteiger partial charge >= 0.3 is 0 Å². The number of hydrogen-bond acceptors (Lipinski definition) is 1. The summed E-state index contributed by atoms with van der Waals surface area (Å²) < 4.78 is 0. The zero-order chi connectivity index (χ0) is 11.6. The molecule has 0 aliphatic heterocycles. The molecule has 0 amide bonds. The van der Waals surface area contributed by atoms with Gasteiger partial charge in [-0.2, -0.15) is 0 Å². The summed E-state index contributed by atoms with van der Waals surface area (Å²) in [6.07, 6.45) is 6.35. The van der Waals surface area contributed by atoms with Crippen molar-refractivity contribution < 1.29 is 0 Å². The SMILES string of the molecule is CCc1cccc(C(N)C2(C)CCCC2)c1. The van der Waals surface area contributed by atoms with E-state index in [0.29, 0.717) is 5.41 Å². The van der Waals surface area contributed by atoms with Crippen molar-refractivity contribution in [2.24, 2.45) is 11.1 Å². The van der Waals surface area contributed by atoms with E-state index >= 15 is 0 Å². The molecule has 0 radical (unpaired) electrons. The Bertz CT molecular complexity index is 350. The molecule has 1 aliphatic rings. The van der Waals surface area contributed by atoms with Gasteiger partial charge in [0.05, 0.1) is 0 Å². The van der Waals surface area contributed by atoms with E-state index in [1.54, 1.807) is 0 Å². The third-order valence-electron chi connectivity index (χ3n) is 4.22. The zero-order valence-corrected chi connectivity index (χ0v) is 10.5. The van der Waals surface area contributed by atoms with E-state index in [4.69, 9.17) is 5.73 Å². The highest BCUT2D eigenvalue weighted by atomic mass is 14.7. The van der Waals surface area contributed by atoms with Crippen molar-refractivity contribution in [3.63, 3.8) is 0 Å². The molecule has 0 spiro atoms. The first-order chi connectivity index (χ1) is 7.65. The largest absolute Gasteiger partial charge is 0.323 e. The second-order valence-electron chi connectivity index (χ2n) is 5.44. The highest BCUT2D eigenvalue weighted by molar-refractivity contribution is 5.27. The number of nitrogens with two attached hydrogens (primary N) is 1. The number of aryl methyl sites for hydroxylation is 1. The van der Waals surface area contributed by atoms with Crippen LogP contribution in [0.15, 0.2) is 24.3 Å². The number of rotatable bonds is 3. The Labute approximate surface area is 99.0 Å². The maximum Gasteiger partial charge on any atom is 0.0349 e. The number of hydrogen-bond donors (Lipinski definition) is 1. The summed E-state index contributed by atoms with van der Waals surface area (Å²) in [4.78, 5) is 0. The topological polar surface area (TPSA) is 26.0 Å². The van der Waals surface area contributed by atoms with Crippen LogP contribution in [0.4, 0.5) is 0 Å². The molecule has 0 bridgehead atoms. The number of benzene rings is 1. The Kier molecular flexibility index (Phi) is 3.34. The fourth-order valence-electron chi connectivity index (χ4n) is 2.90. The van der Waals surface area contributed by atoms with Crippen LogP contribution in [0.2, 0.25) is 0 Å². The summed E-state index contributed by atoms with van der Waals surface area (Å²) in [6, 6.07) is 9.02. The van der Waals surface area contributed by atoms with Crippen molar-refractivity contribution in [2.45, 2.75) is 52.0 Å². The molecule has 0 heterocycles. The molecule has 1 saturated carbocycles. The zero-order valence-electron chi connectivity index (χ0n) is 10.5. The van der Waals surface area contributed by atoms with Crippen LogP contribution in [0.1, 0.15) is 56.7 Å². The second-order valence-corrected chi connectivity index (χ2v) is 5.44. The molecule has 1 fully saturated rings. The van der Waals surface area contributed by atoms with Crippen LogP contribution in [-0.4, -0.2) is 0 Å². The van der Waals surface area contributed by atoms with Gasteiger partial charge in [-0.3, -0.25) is 0 Å². The van der Waals surface area contributed by atoms with Crippen LogP contribution in [0, 0.1) is 5.41 Å². The summed E-state index contributed by atoms with van der Waals surface area (Å²) in [6.45, 7) is 4.55. The van der Waals surface area contributed by atoms with Crippen molar-refractivity contribution in [3.05, 3.63) is 35.4 Å². The van der Waals surface area contributed by atoms with Gasteiger partial charge in [-0.25, -0.2) is 0 Å². The monoisotopic (exact) mass is 217 g/mol. The van der Waals surface area contributed by atoms with Crippen molar-refractivity contribution >= 4 is 0 Å². The maximum atomic E-state index is 6.46. The highest BCUT2D eigenvalue weighted by Crippen LogP contribution is 2.45. The van der Waals surface area contributed by atoms with E-state index in [1.165, 1.54) is 36.8 Å². The lowest BCUT2D eigenvalue weighted by atomic mass is 9.77. The van der Waals surface area contributed by atoms with Gasteiger partial charge in [-0.1, -0.05) is 51.0 Å². The van der Waals surface area contributed by atoms with E-state index in [0.717, 1.165) is 6.42 Å². The van der Waals surface area contributed by atoms with E-state index in [1.807, 2.05) is 0 Å². The standard InChI is InChI=1S/C15H23N/c1-3-12-7-6-8-13(11-12)14(16)15(2)9-4-5-10-15/h6-8,11,14H,3-5,9-10,16H2,1-2H3. The van der Waals surface area contributed by atoms with Crippen LogP contribution in [0.5, 0.6) is 0 Å².